The summed E-state index contributed by atoms with van der Waals surface area (Å²) in [5.74, 6) is 0.504. The van der Waals surface area contributed by atoms with E-state index in [1.54, 1.807) is 19.2 Å². The van der Waals surface area contributed by atoms with Crippen LogP contribution < -0.4 is 10.6 Å². The van der Waals surface area contributed by atoms with Gasteiger partial charge in [0.1, 0.15) is 5.82 Å². The second kappa shape index (κ2) is 9.17. The molecule has 0 atom stereocenters. The van der Waals surface area contributed by atoms with Crippen LogP contribution in [0.1, 0.15) is 22.5 Å². The molecule has 0 saturated carbocycles. The van der Waals surface area contributed by atoms with E-state index in [0.29, 0.717) is 19.0 Å². The average molecular weight is 379 g/mol. The first-order valence-corrected chi connectivity index (χ1v) is 9.38. The second-order valence-electron chi connectivity index (χ2n) is 6.63. The van der Waals surface area contributed by atoms with Gasteiger partial charge in [0, 0.05) is 31.4 Å². The molecule has 2 N–H and O–H groups in total. The fourth-order valence-corrected chi connectivity index (χ4v) is 3.16. The minimum atomic E-state index is -0.207. The number of para-hydroxylation sites is 1. The van der Waals surface area contributed by atoms with Gasteiger partial charge < -0.3 is 10.6 Å². The van der Waals surface area contributed by atoms with Crippen molar-refractivity contribution < 1.29 is 4.39 Å². The Morgan fingerprint density at radius 2 is 1.86 bits per heavy atom. The van der Waals surface area contributed by atoms with Gasteiger partial charge in [-0.05, 0) is 50.1 Å². The Morgan fingerprint density at radius 1 is 1.07 bits per heavy atom. The number of benzene rings is 2. The lowest BCUT2D eigenvalue weighted by Gasteiger charge is -2.12. The van der Waals surface area contributed by atoms with E-state index in [-0.39, 0.29) is 5.82 Å². The molecule has 28 heavy (non-hydrogen) atoms. The highest BCUT2D eigenvalue weighted by molar-refractivity contribution is 5.79. The van der Waals surface area contributed by atoms with Crippen molar-refractivity contribution in [2.75, 3.05) is 13.6 Å². The van der Waals surface area contributed by atoms with Crippen LogP contribution in [0.5, 0.6) is 0 Å². The van der Waals surface area contributed by atoms with Gasteiger partial charge in [0.15, 0.2) is 5.96 Å². The molecule has 2 aromatic carbocycles. The van der Waals surface area contributed by atoms with Gasteiger partial charge in [-0.1, -0.05) is 30.3 Å². The quantitative estimate of drug-likeness (QED) is 0.509. The number of rotatable bonds is 6. The van der Waals surface area contributed by atoms with Crippen LogP contribution in [0.15, 0.2) is 59.6 Å². The Hall–Kier alpha value is -3.15. The first-order chi connectivity index (χ1) is 13.6. The maximum Gasteiger partial charge on any atom is 0.191 e. The molecule has 5 nitrogen and oxygen atoms in total. The monoisotopic (exact) mass is 379 g/mol. The van der Waals surface area contributed by atoms with Crippen molar-refractivity contribution in [3.63, 3.8) is 0 Å². The molecule has 0 radical (unpaired) electrons. The highest BCUT2D eigenvalue weighted by atomic mass is 19.1. The number of hydrogen-bond donors (Lipinski definition) is 2. The Labute approximate surface area is 165 Å². The van der Waals surface area contributed by atoms with Gasteiger partial charge in [0.2, 0.25) is 0 Å². The van der Waals surface area contributed by atoms with Gasteiger partial charge in [0.25, 0.3) is 0 Å². The summed E-state index contributed by atoms with van der Waals surface area (Å²) < 4.78 is 15.2. The van der Waals surface area contributed by atoms with Crippen LogP contribution >= 0.6 is 0 Å². The summed E-state index contributed by atoms with van der Waals surface area (Å²) in [5, 5.41) is 11.3. The number of nitrogens with zero attached hydrogens (tertiary/aromatic N) is 3. The summed E-state index contributed by atoms with van der Waals surface area (Å²) in [5.41, 5.74) is 5.25. The molecule has 0 aliphatic rings. The molecule has 0 saturated heterocycles. The van der Waals surface area contributed by atoms with Crippen molar-refractivity contribution in [2.45, 2.75) is 26.8 Å². The van der Waals surface area contributed by atoms with Crippen molar-refractivity contribution in [3.8, 4) is 5.69 Å². The van der Waals surface area contributed by atoms with Crippen molar-refractivity contribution >= 4 is 5.96 Å². The molecule has 0 amide bonds. The Balaban J connectivity index is 1.59. The van der Waals surface area contributed by atoms with E-state index in [2.05, 4.69) is 27.6 Å². The molecule has 0 unspecified atom stereocenters. The second-order valence-corrected chi connectivity index (χ2v) is 6.63. The maximum absolute atomic E-state index is 13.3. The van der Waals surface area contributed by atoms with Crippen molar-refractivity contribution in [1.82, 2.24) is 20.4 Å². The largest absolute Gasteiger partial charge is 0.356 e. The smallest absolute Gasteiger partial charge is 0.191 e. The molecular weight excluding hydrogens is 353 g/mol. The lowest BCUT2D eigenvalue weighted by Crippen LogP contribution is -2.38. The van der Waals surface area contributed by atoms with Gasteiger partial charge in [-0.3, -0.25) is 4.99 Å². The zero-order valence-electron chi connectivity index (χ0n) is 16.5. The normalized spacial score (nSPS) is 11.5. The predicted molar refractivity (Wildman–Crippen MR) is 111 cm³/mol. The maximum atomic E-state index is 13.3. The third kappa shape index (κ3) is 4.76. The number of aromatic nitrogens is 2. The van der Waals surface area contributed by atoms with Crippen molar-refractivity contribution in [3.05, 3.63) is 82.9 Å². The van der Waals surface area contributed by atoms with Crippen LogP contribution in [-0.4, -0.2) is 29.3 Å². The average Bonchev–Trinajstić information content (AvgIpc) is 2.99. The predicted octanol–water partition coefficient (Wildman–Crippen LogP) is 3.54. The fourth-order valence-electron chi connectivity index (χ4n) is 3.16. The zero-order chi connectivity index (χ0) is 19.9. The topological polar surface area (TPSA) is 54.2 Å². The van der Waals surface area contributed by atoms with E-state index in [1.165, 1.54) is 6.07 Å². The summed E-state index contributed by atoms with van der Waals surface area (Å²) in [6, 6.07) is 16.8. The lowest BCUT2D eigenvalue weighted by molar-refractivity contribution is 0.625. The summed E-state index contributed by atoms with van der Waals surface area (Å²) in [4.78, 5) is 4.27. The van der Waals surface area contributed by atoms with E-state index >= 15 is 0 Å². The molecule has 3 aromatic rings. The standard InChI is InChI=1S/C22H26FN5/c1-16-21(17(2)28(27-16)20-10-5-4-6-11-20)15-26-22(24-3)25-13-12-18-8-7-9-19(23)14-18/h4-11,14H,12-13,15H2,1-3H3,(H2,24,25,26). The Morgan fingerprint density at radius 3 is 2.57 bits per heavy atom. The number of aliphatic imine (C=N–C) groups is 1. The SMILES string of the molecule is CN=C(NCCc1cccc(F)c1)NCc1c(C)nn(-c2ccccc2)c1C. The van der Waals surface area contributed by atoms with Gasteiger partial charge in [-0.25, -0.2) is 9.07 Å². The summed E-state index contributed by atoms with van der Waals surface area (Å²) in [6.45, 7) is 5.39. The van der Waals surface area contributed by atoms with Crippen molar-refractivity contribution in [1.29, 1.82) is 0 Å². The van der Waals surface area contributed by atoms with Crippen LogP contribution in [-0.2, 0) is 13.0 Å². The van der Waals surface area contributed by atoms with Crippen LogP contribution in [0, 0.1) is 19.7 Å². The number of hydrogen-bond acceptors (Lipinski definition) is 2. The molecular formula is C22H26FN5. The zero-order valence-corrected chi connectivity index (χ0v) is 16.5. The van der Waals surface area contributed by atoms with Crippen LogP contribution in [0.3, 0.4) is 0 Å². The van der Waals surface area contributed by atoms with E-state index in [0.717, 1.165) is 34.6 Å². The highest BCUT2D eigenvalue weighted by Gasteiger charge is 2.13. The van der Waals surface area contributed by atoms with Gasteiger partial charge >= 0.3 is 0 Å². The highest BCUT2D eigenvalue weighted by Crippen LogP contribution is 2.17. The van der Waals surface area contributed by atoms with Gasteiger partial charge in [-0.2, -0.15) is 5.10 Å². The van der Waals surface area contributed by atoms with Crippen LogP contribution in [0.4, 0.5) is 4.39 Å². The number of halogens is 1. The third-order valence-corrected chi connectivity index (χ3v) is 4.69. The summed E-state index contributed by atoms with van der Waals surface area (Å²) in [6.07, 6.45) is 0.725. The molecule has 0 bridgehead atoms. The molecule has 0 fully saturated rings. The number of nitrogens with one attached hydrogen (secondary N) is 2. The fraction of sp³-hybridized carbons (Fsp3) is 0.273. The molecule has 1 aromatic heterocycles. The van der Waals surface area contributed by atoms with E-state index in [1.807, 2.05) is 48.0 Å². The molecule has 3 rings (SSSR count). The molecule has 146 valence electrons. The van der Waals surface area contributed by atoms with Gasteiger partial charge in [-0.15, -0.1) is 0 Å². The summed E-state index contributed by atoms with van der Waals surface area (Å²) >= 11 is 0. The molecule has 0 aliphatic heterocycles. The van der Waals surface area contributed by atoms with Crippen LogP contribution in [0.2, 0.25) is 0 Å². The van der Waals surface area contributed by atoms with Crippen LogP contribution in [0.25, 0.3) is 5.69 Å². The molecule has 0 aliphatic carbocycles. The number of aryl methyl sites for hydroxylation is 1. The minimum absolute atomic E-state index is 0.207. The minimum Gasteiger partial charge on any atom is -0.356 e. The van der Waals surface area contributed by atoms with E-state index < -0.39 is 0 Å². The first kappa shape index (κ1) is 19.6. The van der Waals surface area contributed by atoms with Gasteiger partial charge in [0.05, 0.1) is 11.4 Å². The lowest BCUT2D eigenvalue weighted by atomic mass is 10.1. The summed E-state index contributed by atoms with van der Waals surface area (Å²) in [7, 11) is 1.74. The van der Waals surface area contributed by atoms with Crippen molar-refractivity contribution in [2.24, 2.45) is 4.99 Å². The van der Waals surface area contributed by atoms with E-state index in [9.17, 15) is 4.39 Å². The number of guanidine groups is 1. The third-order valence-electron chi connectivity index (χ3n) is 4.69. The Bertz CT molecular complexity index is 947. The Kier molecular flexibility index (Phi) is 6.42. The van der Waals surface area contributed by atoms with E-state index in [4.69, 9.17) is 0 Å². The molecule has 1 heterocycles. The molecule has 0 spiro atoms. The first-order valence-electron chi connectivity index (χ1n) is 9.38. The molecule has 6 heteroatoms.